The van der Waals surface area contributed by atoms with E-state index in [0.717, 1.165) is 11.1 Å². The third-order valence-electron chi connectivity index (χ3n) is 2.58. The molecule has 0 amide bonds. The molecule has 0 aliphatic rings. The van der Waals surface area contributed by atoms with Gasteiger partial charge < -0.3 is 5.11 Å². The third kappa shape index (κ3) is 2.46. The van der Waals surface area contributed by atoms with E-state index in [1.54, 1.807) is 0 Å². The van der Waals surface area contributed by atoms with Crippen LogP contribution in [0.1, 0.15) is 22.5 Å². The van der Waals surface area contributed by atoms with E-state index in [1.807, 2.05) is 60.7 Å². The van der Waals surface area contributed by atoms with Crippen LogP contribution in [0.25, 0.3) is 0 Å². The van der Waals surface area contributed by atoms with Gasteiger partial charge in [-0.25, -0.2) is 0 Å². The van der Waals surface area contributed by atoms with Gasteiger partial charge in [0, 0.05) is 0 Å². The Balaban J connectivity index is 2.20. The van der Waals surface area contributed by atoms with Gasteiger partial charge in [-0.1, -0.05) is 60.7 Å². The molecule has 0 aliphatic carbocycles. The van der Waals surface area contributed by atoms with Crippen LogP contribution in [-0.2, 0) is 0 Å². The molecule has 82 valence electrons. The lowest BCUT2D eigenvalue weighted by Gasteiger charge is -2.18. The molecule has 0 unspecified atom stereocenters. The maximum Gasteiger partial charge on any atom is 0.0946 e. The van der Waals surface area contributed by atoms with Crippen molar-refractivity contribution < 1.29 is 5.11 Å². The predicted octanol–water partition coefficient (Wildman–Crippen LogP) is 3.39. The predicted molar refractivity (Wildman–Crippen MR) is 69.6 cm³/mol. The summed E-state index contributed by atoms with van der Waals surface area (Å²) in [7, 11) is 0. The summed E-state index contributed by atoms with van der Waals surface area (Å²) in [6.45, 7) is 0. The summed E-state index contributed by atoms with van der Waals surface area (Å²) >= 11 is 4.48. The maximum absolute atomic E-state index is 10.2. The fourth-order valence-corrected chi connectivity index (χ4v) is 2.01. The number of thiol groups is 1. The van der Waals surface area contributed by atoms with Crippen molar-refractivity contribution in [2.75, 3.05) is 0 Å². The van der Waals surface area contributed by atoms with Gasteiger partial charge in [-0.3, -0.25) is 0 Å². The lowest BCUT2D eigenvalue weighted by Crippen LogP contribution is -2.05. The quantitative estimate of drug-likeness (QED) is 0.774. The van der Waals surface area contributed by atoms with Gasteiger partial charge in [-0.05, 0) is 11.1 Å². The van der Waals surface area contributed by atoms with Gasteiger partial charge in [0.15, 0.2) is 0 Å². The van der Waals surface area contributed by atoms with Gasteiger partial charge in [0.2, 0.25) is 0 Å². The summed E-state index contributed by atoms with van der Waals surface area (Å²) in [6.07, 6.45) is -0.577. The molecule has 2 rings (SSSR count). The van der Waals surface area contributed by atoms with E-state index in [-0.39, 0.29) is 5.25 Å². The van der Waals surface area contributed by atoms with Crippen molar-refractivity contribution in [1.29, 1.82) is 0 Å². The Morgan fingerprint density at radius 3 is 1.69 bits per heavy atom. The molecule has 2 aromatic carbocycles. The number of hydrogen-bond donors (Lipinski definition) is 2. The van der Waals surface area contributed by atoms with Crippen LogP contribution in [-0.4, -0.2) is 5.11 Å². The first-order valence-electron chi connectivity index (χ1n) is 5.25. The molecule has 2 heteroatoms. The summed E-state index contributed by atoms with van der Waals surface area (Å²) in [6, 6.07) is 19.4. The van der Waals surface area contributed by atoms with E-state index < -0.39 is 6.10 Å². The van der Waals surface area contributed by atoms with Crippen LogP contribution < -0.4 is 0 Å². The minimum atomic E-state index is -0.577. The standard InChI is InChI=1S/C14H14OS/c15-13(11-7-3-1-4-8-11)14(16)12-9-5-2-6-10-12/h1-10,13-16H/t13-,14+/m0/s1. The van der Waals surface area contributed by atoms with Gasteiger partial charge in [0.05, 0.1) is 11.4 Å². The molecule has 0 fully saturated rings. The Morgan fingerprint density at radius 1 is 0.750 bits per heavy atom. The van der Waals surface area contributed by atoms with Crippen LogP contribution in [0, 0.1) is 0 Å². The Kier molecular flexibility index (Phi) is 3.65. The molecular weight excluding hydrogens is 216 g/mol. The number of hydrogen-bond acceptors (Lipinski definition) is 2. The van der Waals surface area contributed by atoms with Crippen molar-refractivity contribution in [1.82, 2.24) is 0 Å². The van der Waals surface area contributed by atoms with E-state index in [2.05, 4.69) is 12.6 Å². The van der Waals surface area contributed by atoms with Gasteiger partial charge >= 0.3 is 0 Å². The normalized spacial score (nSPS) is 14.4. The Hall–Kier alpha value is -1.25. The highest BCUT2D eigenvalue weighted by atomic mass is 32.1. The first-order valence-corrected chi connectivity index (χ1v) is 5.76. The minimum Gasteiger partial charge on any atom is -0.387 e. The van der Waals surface area contributed by atoms with Crippen molar-refractivity contribution in [2.24, 2.45) is 0 Å². The smallest absolute Gasteiger partial charge is 0.0946 e. The maximum atomic E-state index is 10.2. The van der Waals surface area contributed by atoms with Gasteiger partial charge in [-0.2, -0.15) is 12.6 Å². The average molecular weight is 230 g/mol. The van der Waals surface area contributed by atoms with Crippen molar-refractivity contribution in [3.63, 3.8) is 0 Å². The van der Waals surface area contributed by atoms with Crippen LogP contribution in [0.2, 0.25) is 0 Å². The first-order chi connectivity index (χ1) is 7.79. The van der Waals surface area contributed by atoms with E-state index in [1.165, 1.54) is 0 Å². The van der Waals surface area contributed by atoms with Crippen LogP contribution in [0.4, 0.5) is 0 Å². The summed E-state index contributed by atoms with van der Waals surface area (Å²) in [4.78, 5) is 0. The zero-order chi connectivity index (χ0) is 11.4. The molecule has 16 heavy (non-hydrogen) atoms. The second-order valence-corrected chi connectivity index (χ2v) is 4.27. The van der Waals surface area contributed by atoms with E-state index >= 15 is 0 Å². The summed E-state index contributed by atoms with van der Waals surface area (Å²) in [5, 5.41) is 9.97. The monoisotopic (exact) mass is 230 g/mol. The molecule has 0 saturated carbocycles. The highest BCUT2D eigenvalue weighted by Gasteiger charge is 2.18. The van der Waals surface area contributed by atoms with Gasteiger partial charge in [0.1, 0.15) is 0 Å². The van der Waals surface area contributed by atoms with Gasteiger partial charge in [-0.15, -0.1) is 0 Å². The third-order valence-corrected chi connectivity index (χ3v) is 3.16. The first kappa shape index (κ1) is 11.2. The summed E-state index contributed by atoms with van der Waals surface area (Å²) in [5.74, 6) is 0. The van der Waals surface area contributed by atoms with E-state index in [9.17, 15) is 5.11 Å². The zero-order valence-corrected chi connectivity index (χ0v) is 9.72. The highest BCUT2D eigenvalue weighted by Crippen LogP contribution is 2.33. The molecule has 1 N–H and O–H groups in total. The van der Waals surface area contributed by atoms with Crippen LogP contribution in [0.5, 0.6) is 0 Å². The molecule has 2 aromatic rings. The molecule has 0 bridgehead atoms. The van der Waals surface area contributed by atoms with Gasteiger partial charge in [0.25, 0.3) is 0 Å². The largest absolute Gasteiger partial charge is 0.387 e. The van der Waals surface area contributed by atoms with Crippen LogP contribution in [0.15, 0.2) is 60.7 Å². The molecule has 0 aliphatic heterocycles. The van der Waals surface area contributed by atoms with E-state index in [4.69, 9.17) is 0 Å². The average Bonchev–Trinajstić information content (AvgIpc) is 2.39. The lowest BCUT2D eigenvalue weighted by molar-refractivity contribution is 0.175. The molecule has 0 aromatic heterocycles. The highest BCUT2D eigenvalue weighted by molar-refractivity contribution is 7.80. The second kappa shape index (κ2) is 5.19. The lowest BCUT2D eigenvalue weighted by atomic mass is 10.0. The van der Waals surface area contributed by atoms with E-state index in [0.29, 0.717) is 0 Å². The van der Waals surface area contributed by atoms with Crippen molar-refractivity contribution in [2.45, 2.75) is 11.4 Å². The Bertz CT molecular complexity index is 384. The molecule has 0 spiro atoms. The Labute approximate surface area is 101 Å². The van der Waals surface area contributed by atoms with Crippen molar-refractivity contribution in [3.05, 3.63) is 71.8 Å². The topological polar surface area (TPSA) is 20.2 Å². The fraction of sp³-hybridized carbons (Fsp3) is 0.143. The molecule has 1 nitrogen and oxygen atoms in total. The summed E-state index contributed by atoms with van der Waals surface area (Å²) in [5.41, 5.74) is 1.92. The molecule has 2 atom stereocenters. The second-order valence-electron chi connectivity index (χ2n) is 3.71. The molecule has 0 radical (unpaired) electrons. The number of rotatable bonds is 3. The molecular formula is C14H14OS. The van der Waals surface area contributed by atoms with Crippen molar-refractivity contribution in [3.8, 4) is 0 Å². The SMILES string of the molecule is O[C@@H](c1ccccc1)[C@H](S)c1ccccc1. The number of aliphatic hydroxyl groups is 1. The number of aliphatic hydroxyl groups excluding tert-OH is 1. The summed E-state index contributed by atoms with van der Waals surface area (Å²) < 4.78 is 0. The molecule has 0 saturated heterocycles. The molecule has 0 heterocycles. The minimum absolute atomic E-state index is 0.191. The fourth-order valence-electron chi connectivity index (χ4n) is 1.67. The zero-order valence-electron chi connectivity index (χ0n) is 8.82. The number of benzene rings is 2. The van der Waals surface area contributed by atoms with Crippen LogP contribution >= 0.6 is 12.6 Å². The Morgan fingerprint density at radius 2 is 1.19 bits per heavy atom. The van der Waals surface area contributed by atoms with Crippen molar-refractivity contribution >= 4 is 12.6 Å². The van der Waals surface area contributed by atoms with Crippen LogP contribution in [0.3, 0.4) is 0 Å².